The SMILES string of the molecule is C=C1CCC(C)[C@H]2CCC(C)=C12. The maximum absolute atomic E-state index is 4.18. The predicted molar refractivity (Wildman–Crippen MR) is 53.0 cm³/mol. The highest BCUT2D eigenvalue weighted by atomic mass is 14.4. The van der Waals surface area contributed by atoms with Gasteiger partial charge >= 0.3 is 0 Å². The van der Waals surface area contributed by atoms with E-state index in [4.69, 9.17) is 0 Å². The summed E-state index contributed by atoms with van der Waals surface area (Å²) in [5, 5.41) is 0. The monoisotopic (exact) mass is 162 g/mol. The molecule has 0 aromatic rings. The van der Waals surface area contributed by atoms with Gasteiger partial charge in [-0.3, -0.25) is 0 Å². The van der Waals surface area contributed by atoms with Crippen LogP contribution in [0.15, 0.2) is 23.3 Å². The van der Waals surface area contributed by atoms with Crippen LogP contribution in [0, 0.1) is 11.8 Å². The molecule has 0 N–H and O–H groups in total. The first-order chi connectivity index (χ1) is 5.70. The lowest BCUT2D eigenvalue weighted by Gasteiger charge is -2.30. The molecule has 2 aliphatic rings. The molecule has 0 aromatic carbocycles. The number of rotatable bonds is 0. The van der Waals surface area contributed by atoms with E-state index in [-0.39, 0.29) is 0 Å². The van der Waals surface area contributed by atoms with Gasteiger partial charge in [0.25, 0.3) is 0 Å². The van der Waals surface area contributed by atoms with Gasteiger partial charge in [0.2, 0.25) is 0 Å². The van der Waals surface area contributed by atoms with E-state index in [1.807, 2.05) is 0 Å². The molecule has 0 heteroatoms. The van der Waals surface area contributed by atoms with Crippen molar-refractivity contribution in [1.29, 1.82) is 0 Å². The van der Waals surface area contributed by atoms with Gasteiger partial charge < -0.3 is 0 Å². The van der Waals surface area contributed by atoms with Crippen LogP contribution in [0.1, 0.15) is 39.5 Å². The van der Waals surface area contributed by atoms with Gasteiger partial charge in [-0.1, -0.05) is 24.6 Å². The molecule has 2 aliphatic carbocycles. The molecule has 0 amide bonds. The van der Waals surface area contributed by atoms with Crippen LogP contribution in [0.25, 0.3) is 0 Å². The summed E-state index contributed by atoms with van der Waals surface area (Å²) >= 11 is 0. The van der Waals surface area contributed by atoms with Crippen molar-refractivity contribution in [2.45, 2.75) is 39.5 Å². The molecule has 1 unspecified atom stereocenters. The van der Waals surface area contributed by atoms with E-state index < -0.39 is 0 Å². The molecule has 0 saturated heterocycles. The molecule has 1 fully saturated rings. The Bertz CT molecular complexity index is 245. The van der Waals surface area contributed by atoms with Gasteiger partial charge in [0, 0.05) is 0 Å². The minimum absolute atomic E-state index is 0.867. The van der Waals surface area contributed by atoms with Crippen molar-refractivity contribution in [1.82, 2.24) is 0 Å². The van der Waals surface area contributed by atoms with E-state index in [0.717, 1.165) is 11.8 Å². The Morgan fingerprint density at radius 3 is 2.67 bits per heavy atom. The van der Waals surface area contributed by atoms with Gasteiger partial charge in [-0.15, -0.1) is 0 Å². The van der Waals surface area contributed by atoms with Gasteiger partial charge in [-0.05, 0) is 50.0 Å². The number of fused-ring (bicyclic) bond motifs is 1. The van der Waals surface area contributed by atoms with E-state index in [1.165, 1.54) is 31.3 Å². The predicted octanol–water partition coefficient (Wildman–Crippen LogP) is 3.70. The first-order valence-electron chi connectivity index (χ1n) is 5.08. The third kappa shape index (κ3) is 1.05. The Balaban J connectivity index is 2.33. The average molecular weight is 162 g/mol. The fraction of sp³-hybridized carbons (Fsp3) is 0.667. The molecule has 0 spiro atoms. The summed E-state index contributed by atoms with van der Waals surface area (Å²) in [7, 11) is 0. The second-order valence-corrected chi connectivity index (χ2v) is 4.46. The van der Waals surface area contributed by atoms with Gasteiger partial charge in [0.1, 0.15) is 0 Å². The van der Waals surface area contributed by atoms with E-state index in [2.05, 4.69) is 20.4 Å². The zero-order valence-corrected chi connectivity index (χ0v) is 8.19. The molecule has 12 heavy (non-hydrogen) atoms. The third-order valence-corrected chi connectivity index (χ3v) is 3.63. The lowest BCUT2D eigenvalue weighted by atomic mass is 9.75. The van der Waals surface area contributed by atoms with Gasteiger partial charge in [0.05, 0.1) is 0 Å². The molecule has 0 heterocycles. The summed E-state index contributed by atoms with van der Waals surface area (Å²) in [5.74, 6) is 1.77. The Morgan fingerprint density at radius 1 is 1.25 bits per heavy atom. The minimum atomic E-state index is 0.867. The van der Waals surface area contributed by atoms with Crippen LogP contribution in [-0.2, 0) is 0 Å². The van der Waals surface area contributed by atoms with Gasteiger partial charge in [-0.25, -0.2) is 0 Å². The molecule has 0 aromatic heterocycles. The van der Waals surface area contributed by atoms with E-state index in [0.29, 0.717) is 0 Å². The molecule has 2 rings (SSSR count). The Labute approximate surface area is 75.4 Å². The molecular weight excluding hydrogens is 144 g/mol. The molecule has 1 saturated carbocycles. The molecule has 2 atom stereocenters. The first kappa shape index (κ1) is 8.10. The molecule has 0 aliphatic heterocycles. The topological polar surface area (TPSA) is 0 Å². The van der Waals surface area contributed by atoms with Gasteiger partial charge in [0.15, 0.2) is 0 Å². The lowest BCUT2D eigenvalue weighted by molar-refractivity contribution is 0.360. The summed E-state index contributed by atoms with van der Waals surface area (Å²) < 4.78 is 0. The minimum Gasteiger partial charge on any atom is -0.0955 e. The molecule has 66 valence electrons. The van der Waals surface area contributed by atoms with Crippen LogP contribution >= 0.6 is 0 Å². The second kappa shape index (κ2) is 2.76. The van der Waals surface area contributed by atoms with E-state index in [9.17, 15) is 0 Å². The highest BCUT2D eigenvalue weighted by Crippen LogP contribution is 2.46. The summed E-state index contributed by atoms with van der Waals surface area (Å²) in [6.07, 6.45) is 5.31. The van der Waals surface area contributed by atoms with E-state index >= 15 is 0 Å². The van der Waals surface area contributed by atoms with Gasteiger partial charge in [-0.2, -0.15) is 0 Å². The van der Waals surface area contributed by atoms with Crippen molar-refractivity contribution in [2.24, 2.45) is 11.8 Å². The highest BCUT2D eigenvalue weighted by molar-refractivity contribution is 5.40. The maximum Gasteiger partial charge on any atom is -0.0131 e. The number of allylic oxidation sites excluding steroid dienone is 3. The van der Waals surface area contributed by atoms with Crippen LogP contribution in [0.5, 0.6) is 0 Å². The Kier molecular flexibility index (Phi) is 1.86. The Hall–Kier alpha value is -0.520. The largest absolute Gasteiger partial charge is 0.0955 e. The zero-order valence-electron chi connectivity index (χ0n) is 8.19. The van der Waals surface area contributed by atoms with Crippen LogP contribution in [0.4, 0.5) is 0 Å². The summed E-state index contributed by atoms with van der Waals surface area (Å²) in [4.78, 5) is 0. The van der Waals surface area contributed by atoms with Crippen molar-refractivity contribution in [3.05, 3.63) is 23.3 Å². The third-order valence-electron chi connectivity index (χ3n) is 3.63. The van der Waals surface area contributed by atoms with Crippen molar-refractivity contribution in [2.75, 3.05) is 0 Å². The maximum atomic E-state index is 4.18. The van der Waals surface area contributed by atoms with Crippen LogP contribution < -0.4 is 0 Å². The van der Waals surface area contributed by atoms with Crippen molar-refractivity contribution >= 4 is 0 Å². The summed E-state index contributed by atoms with van der Waals surface area (Å²) in [5.41, 5.74) is 4.71. The summed E-state index contributed by atoms with van der Waals surface area (Å²) in [6.45, 7) is 8.87. The standard InChI is InChI=1S/C12H18/c1-8-4-5-9(2)12-10(3)6-7-11(8)12/h8,11H,2,4-7H2,1,3H3/t8?,11-/m1/s1. The number of hydrogen-bond donors (Lipinski definition) is 0. The average Bonchev–Trinajstić information content (AvgIpc) is 2.42. The van der Waals surface area contributed by atoms with Crippen LogP contribution in [0.3, 0.4) is 0 Å². The van der Waals surface area contributed by atoms with Crippen molar-refractivity contribution in [3.8, 4) is 0 Å². The van der Waals surface area contributed by atoms with Crippen molar-refractivity contribution in [3.63, 3.8) is 0 Å². The molecular formula is C12H18. The first-order valence-corrected chi connectivity index (χ1v) is 5.08. The zero-order chi connectivity index (χ0) is 8.72. The lowest BCUT2D eigenvalue weighted by Crippen LogP contribution is -2.17. The normalized spacial score (nSPS) is 35.7. The second-order valence-electron chi connectivity index (χ2n) is 4.46. The molecule has 0 bridgehead atoms. The van der Waals surface area contributed by atoms with Crippen LogP contribution in [-0.4, -0.2) is 0 Å². The smallest absolute Gasteiger partial charge is 0.0131 e. The molecule has 0 radical (unpaired) electrons. The van der Waals surface area contributed by atoms with E-state index in [1.54, 1.807) is 11.1 Å². The number of hydrogen-bond acceptors (Lipinski definition) is 0. The highest BCUT2D eigenvalue weighted by Gasteiger charge is 2.32. The Morgan fingerprint density at radius 2 is 2.00 bits per heavy atom. The molecule has 0 nitrogen and oxygen atoms in total. The summed E-state index contributed by atoms with van der Waals surface area (Å²) in [6, 6.07) is 0. The van der Waals surface area contributed by atoms with Crippen LogP contribution in [0.2, 0.25) is 0 Å². The fourth-order valence-corrected chi connectivity index (χ4v) is 2.84. The quantitative estimate of drug-likeness (QED) is 0.509. The van der Waals surface area contributed by atoms with Crippen molar-refractivity contribution < 1.29 is 0 Å². The fourth-order valence-electron chi connectivity index (χ4n) is 2.84.